The third kappa shape index (κ3) is 2.51. The summed E-state index contributed by atoms with van der Waals surface area (Å²) >= 11 is 0. The van der Waals surface area contributed by atoms with Crippen LogP contribution in [-0.4, -0.2) is 14.9 Å². The van der Waals surface area contributed by atoms with Gasteiger partial charge in [0.05, 0.1) is 10.4 Å². The zero-order chi connectivity index (χ0) is 14.8. The average molecular weight is 280 g/mol. The summed E-state index contributed by atoms with van der Waals surface area (Å²) in [5, 5.41) is 15.0. The van der Waals surface area contributed by atoms with Gasteiger partial charge in [0.15, 0.2) is 0 Å². The standard InChI is InChI=1S/C15H12N4O2/c1-10-6-7-13(14(8-10)19(20)21)18-15-11-4-2-3-5-12(11)16-9-17-15/h2-9H,1H3,(H,16,17,18). The van der Waals surface area contributed by atoms with Crippen molar-refractivity contribution < 1.29 is 4.92 Å². The first-order chi connectivity index (χ1) is 10.1. The normalized spacial score (nSPS) is 10.5. The third-order valence-corrected chi connectivity index (χ3v) is 3.15. The molecule has 0 unspecified atom stereocenters. The number of rotatable bonds is 3. The van der Waals surface area contributed by atoms with Gasteiger partial charge in [-0.3, -0.25) is 10.1 Å². The number of fused-ring (bicyclic) bond motifs is 1. The second-order valence-electron chi connectivity index (χ2n) is 4.64. The van der Waals surface area contributed by atoms with Gasteiger partial charge < -0.3 is 5.32 Å². The number of hydrogen-bond donors (Lipinski definition) is 1. The molecule has 1 aromatic heterocycles. The molecule has 3 rings (SSSR count). The predicted octanol–water partition coefficient (Wildman–Crippen LogP) is 3.59. The van der Waals surface area contributed by atoms with E-state index in [4.69, 9.17) is 0 Å². The van der Waals surface area contributed by atoms with Crippen LogP contribution in [0.2, 0.25) is 0 Å². The summed E-state index contributed by atoms with van der Waals surface area (Å²) in [6.45, 7) is 1.82. The number of nitro benzene ring substituents is 1. The quantitative estimate of drug-likeness (QED) is 0.585. The molecule has 0 bridgehead atoms. The summed E-state index contributed by atoms with van der Waals surface area (Å²) < 4.78 is 0. The van der Waals surface area contributed by atoms with Crippen molar-refractivity contribution in [1.29, 1.82) is 0 Å². The minimum absolute atomic E-state index is 0.0256. The van der Waals surface area contributed by atoms with E-state index in [1.807, 2.05) is 37.3 Å². The van der Waals surface area contributed by atoms with Crippen molar-refractivity contribution in [2.75, 3.05) is 5.32 Å². The SMILES string of the molecule is Cc1ccc(Nc2ncnc3ccccc23)c([N+](=O)[O-])c1. The summed E-state index contributed by atoms with van der Waals surface area (Å²) in [6.07, 6.45) is 1.44. The second kappa shape index (κ2) is 5.16. The van der Waals surface area contributed by atoms with Crippen molar-refractivity contribution in [3.63, 3.8) is 0 Å². The Morgan fingerprint density at radius 3 is 2.76 bits per heavy atom. The fourth-order valence-electron chi connectivity index (χ4n) is 2.13. The van der Waals surface area contributed by atoms with E-state index in [0.29, 0.717) is 11.5 Å². The lowest BCUT2D eigenvalue weighted by atomic mass is 10.2. The van der Waals surface area contributed by atoms with E-state index in [9.17, 15) is 10.1 Å². The predicted molar refractivity (Wildman–Crippen MR) is 80.7 cm³/mol. The van der Waals surface area contributed by atoms with Crippen molar-refractivity contribution in [1.82, 2.24) is 9.97 Å². The number of nitrogens with one attached hydrogen (secondary N) is 1. The average Bonchev–Trinajstić information content (AvgIpc) is 2.49. The van der Waals surface area contributed by atoms with Crippen LogP contribution in [0, 0.1) is 17.0 Å². The summed E-state index contributed by atoms with van der Waals surface area (Å²) in [5.74, 6) is 0.549. The van der Waals surface area contributed by atoms with Crippen LogP contribution in [0.25, 0.3) is 10.9 Å². The zero-order valence-electron chi connectivity index (χ0n) is 11.3. The van der Waals surface area contributed by atoms with E-state index >= 15 is 0 Å². The van der Waals surface area contributed by atoms with Crippen LogP contribution in [-0.2, 0) is 0 Å². The Hall–Kier alpha value is -3.02. The summed E-state index contributed by atoms with van der Waals surface area (Å²) in [5.41, 5.74) is 2.05. The maximum Gasteiger partial charge on any atom is 0.292 e. The number of benzene rings is 2. The van der Waals surface area contributed by atoms with Gasteiger partial charge in [-0.25, -0.2) is 9.97 Å². The number of aromatic nitrogens is 2. The van der Waals surface area contributed by atoms with Gasteiger partial charge in [-0.15, -0.1) is 0 Å². The molecule has 0 radical (unpaired) electrons. The number of nitrogens with zero attached hydrogens (tertiary/aromatic N) is 3. The van der Waals surface area contributed by atoms with Crippen LogP contribution < -0.4 is 5.32 Å². The number of aryl methyl sites for hydroxylation is 1. The van der Waals surface area contributed by atoms with Crippen LogP contribution in [0.15, 0.2) is 48.8 Å². The minimum Gasteiger partial charge on any atom is -0.334 e. The van der Waals surface area contributed by atoms with Gasteiger partial charge in [0.1, 0.15) is 17.8 Å². The molecule has 6 heteroatoms. The van der Waals surface area contributed by atoms with Crippen LogP contribution in [0.5, 0.6) is 0 Å². The van der Waals surface area contributed by atoms with E-state index in [1.165, 1.54) is 12.4 Å². The lowest BCUT2D eigenvalue weighted by Crippen LogP contribution is -2.00. The highest BCUT2D eigenvalue weighted by Gasteiger charge is 2.15. The number of nitro groups is 1. The first-order valence-corrected chi connectivity index (χ1v) is 6.37. The number of anilines is 2. The van der Waals surface area contributed by atoms with E-state index in [-0.39, 0.29) is 5.69 Å². The van der Waals surface area contributed by atoms with E-state index < -0.39 is 4.92 Å². The van der Waals surface area contributed by atoms with Crippen LogP contribution in [0.4, 0.5) is 17.2 Å². The molecule has 1 N–H and O–H groups in total. The second-order valence-corrected chi connectivity index (χ2v) is 4.64. The number of hydrogen-bond acceptors (Lipinski definition) is 5. The first kappa shape index (κ1) is 13.0. The third-order valence-electron chi connectivity index (χ3n) is 3.15. The molecule has 0 atom stereocenters. The van der Waals surface area contributed by atoms with Gasteiger partial charge in [0.25, 0.3) is 5.69 Å². The fourth-order valence-corrected chi connectivity index (χ4v) is 2.13. The lowest BCUT2D eigenvalue weighted by Gasteiger charge is -2.09. The van der Waals surface area contributed by atoms with Gasteiger partial charge in [-0.1, -0.05) is 18.2 Å². The molecule has 0 aliphatic carbocycles. The molecule has 0 saturated heterocycles. The Bertz CT molecular complexity index is 828. The molecule has 0 aliphatic heterocycles. The van der Waals surface area contributed by atoms with E-state index in [2.05, 4.69) is 15.3 Å². The highest BCUT2D eigenvalue weighted by molar-refractivity contribution is 5.91. The van der Waals surface area contributed by atoms with Gasteiger partial charge in [-0.2, -0.15) is 0 Å². The molecule has 6 nitrogen and oxygen atoms in total. The fraction of sp³-hybridized carbons (Fsp3) is 0.0667. The molecule has 0 saturated carbocycles. The molecule has 0 aliphatic rings. The number of para-hydroxylation sites is 1. The maximum absolute atomic E-state index is 11.2. The van der Waals surface area contributed by atoms with Crippen LogP contribution in [0.3, 0.4) is 0 Å². The minimum atomic E-state index is -0.404. The molecule has 21 heavy (non-hydrogen) atoms. The Kier molecular flexibility index (Phi) is 3.19. The largest absolute Gasteiger partial charge is 0.334 e. The van der Waals surface area contributed by atoms with Crippen LogP contribution >= 0.6 is 0 Å². The molecule has 104 valence electrons. The van der Waals surface area contributed by atoms with Crippen molar-refractivity contribution >= 4 is 28.1 Å². The molecule has 0 spiro atoms. The highest BCUT2D eigenvalue weighted by atomic mass is 16.6. The van der Waals surface area contributed by atoms with Gasteiger partial charge in [0.2, 0.25) is 0 Å². The van der Waals surface area contributed by atoms with E-state index in [1.54, 1.807) is 6.07 Å². The molecular weight excluding hydrogens is 268 g/mol. The smallest absolute Gasteiger partial charge is 0.292 e. The van der Waals surface area contributed by atoms with Crippen LogP contribution in [0.1, 0.15) is 5.56 Å². The Morgan fingerprint density at radius 2 is 1.95 bits per heavy atom. The van der Waals surface area contributed by atoms with Gasteiger partial charge in [0, 0.05) is 11.5 Å². The highest BCUT2D eigenvalue weighted by Crippen LogP contribution is 2.30. The summed E-state index contributed by atoms with van der Waals surface area (Å²) in [4.78, 5) is 19.1. The zero-order valence-corrected chi connectivity index (χ0v) is 11.3. The topological polar surface area (TPSA) is 81.0 Å². The van der Waals surface area contributed by atoms with Crippen molar-refractivity contribution in [2.45, 2.75) is 6.92 Å². The summed E-state index contributed by atoms with van der Waals surface area (Å²) in [6, 6.07) is 12.5. The Morgan fingerprint density at radius 1 is 1.14 bits per heavy atom. The Labute approximate surface area is 120 Å². The van der Waals surface area contributed by atoms with Crippen molar-refractivity contribution in [2.24, 2.45) is 0 Å². The summed E-state index contributed by atoms with van der Waals surface area (Å²) in [7, 11) is 0. The molecule has 2 aromatic carbocycles. The Balaban J connectivity index is 2.09. The van der Waals surface area contributed by atoms with Crippen molar-refractivity contribution in [3.8, 4) is 0 Å². The molecule has 3 aromatic rings. The molecule has 0 fully saturated rings. The monoisotopic (exact) mass is 280 g/mol. The van der Waals surface area contributed by atoms with E-state index in [0.717, 1.165) is 16.5 Å². The molecular formula is C15H12N4O2. The van der Waals surface area contributed by atoms with Gasteiger partial charge >= 0.3 is 0 Å². The van der Waals surface area contributed by atoms with Crippen molar-refractivity contribution in [3.05, 3.63) is 64.5 Å². The molecule has 0 amide bonds. The lowest BCUT2D eigenvalue weighted by molar-refractivity contribution is -0.384. The maximum atomic E-state index is 11.2. The molecule has 1 heterocycles. The van der Waals surface area contributed by atoms with Gasteiger partial charge in [-0.05, 0) is 30.7 Å². The first-order valence-electron chi connectivity index (χ1n) is 6.37.